The molecule has 39 heavy (non-hydrogen) atoms. The van der Waals surface area contributed by atoms with Crippen molar-refractivity contribution >= 4 is 21.8 Å². The average molecular weight is 556 g/mol. The van der Waals surface area contributed by atoms with Crippen molar-refractivity contribution in [3.05, 3.63) is 95.3 Å². The zero-order valence-electron chi connectivity index (χ0n) is 21.7. The largest absolute Gasteiger partial charge is 0.454 e. The molecule has 0 unspecified atom stereocenters. The topological polar surface area (TPSA) is 105 Å². The van der Waals surface area contributed by atoms with Crippen LogP contribution in [-0.2, 0) is 39.2 Å². The van der Waals surface area contributed by atoms with Gasteiger partial charge < -0.3 is 19.7 Å². The molecule has 0 spiro atoms. The fourth-order valence-corrected chi connectivity index (χ4v) is 4.80. The first-order valence-electron chi connectivity index (χ1n) is 12.3. The number of benzene rings is 3. The van der Waals surface area contributed by atoms with Crippen LogP contribution in [0.15, 0.2) is 72.8 Å². The van der Waals surface area contributed by atoms with Crippen molar-refractivity contribution in [3.63, 3.8) is 0 Å². The fraction of sp³-hybridized carbons (Fsp3) is 0.286. The first-order chi connectivity index (χ1) is 18.6. The number of amides is 2. The molecule has 1 aliphatic rings. The second kappa shape index (κ2) is 12.3. The van der Waals surface area contributed by atoms with E-state index in [1.54, 1.807) is 49.4 Å². The van der Waals surface area contributed by atoms with E-state index in [4.69, 9.17) is 9.47 Å². The zero-order chi connectivity index (χ0) is 28.0. The lowest BCUT2D eigenvalue weighted by molar-refractivity contribution is -0.140. The molecule has 2 amide bonds. The van der Waals surface area contributed by atoms with Crippen molar-refractivity contribution in [1.29, 1.82) is 0 Å². The van der Waals surface area contributed by atoms with Gasteiger partial charge in [0.1, 0.15) is 11.9 Å². The highest BCUT2D eigenvalue weighted by Crippen LogP contribution is 2.32. The summed E-state index contributed by atoms with van der Waals surface area (Å²) < 4.78 is 50.3. The van der Waals surface area contributed by atoms with Gasteiger partial charge in [0, 0.05) is 19.6 Å². The van der Waals surface area contributed by atoms with E-state index in [1.165, 1.54) is 29.2 Å². The van der Waals surface area contributed by atoms with E-state index in [-0.39, 0.29) is 26.4 Å². The Morgan fingerprint density at radius 2 is 1.56 bits per heavy atom. The normalized spacial score (nSPS) is 13.2. The van der Waals surface area contributed by atoms with Gasteiger partial charge in [-0.25, -0.2) is 12.8 Å². The lowest BCUT2D eigenvalue weighted by Gasteiger charge is -2.31. The smallest absolute Gasteiger partial charge is 0.242 e. The van der Waals surface area contributed by atoms with E-state index in [1.807, 2.05) is 6.07 Å². The van der Waals surface area contributed by atoms with Crippen LogP contribution in [0.2, 0.25) is 0 Å². The summed E-state index contributed by atoms with van der Waals surface area (Å²) in [7, 11) is -3.75. The number of nitrogens with one attached hydrogen (secondary N) is 1. The van der Waals surface area contributed by atoms with Crippen LogP contribution in [0.25, 0.3) is 0 Å². The average Bonchev–Trinajstić information content (AvgIpc) is 3.38. The number of sulfonamides is 1. The van der Waals surface area contributed by atoms with Crippen LogP contribution in [-0.4, -0.2) is 55.1 Å². The molecule has 11 heteroatoms. The molecule has 1 heterocycles. The van der Waals surface area contributed by atoms with Crippen molar-refractivity contribution in [2.75, 3.05) is 19.6 Å². The highest BCUT2D eigenvalue weighted by molar-refractivity contribution is 7.88. The number of carbonyl (C=O) groups excluding carboxylic acids is 2. The molecule has 0 saturated heterocycles. The predicted molar refractivity (Wildman–Crippen MR) is 143 cm³/mol. The number of hydrogen-bond acceptors (Lipinski definition) is 6. The third-order valence-corrected chi connectivity index (χ3v) is 7.52. The Kier molecular flexibility index (Phi) is 8.82. The number of halogens is 1. The third kappa shape index (κ3) is 7.55. The highest BCUT2D eigenvalue weighted by Gasteiger charge is 2.30. The molecule has 0 aromatic heterocycles. The number of fused-ring (bicyclic) bond motifs is 1. The second-order valence-electron chi connectivity index (χ2n) is 9.25. The summed E-state index contributed by atoms with van der Waals surface area (Å²) >= 11 is 0. The van der Waals surface area contributed by atoms with Crippen LogP contribution in [0, 0.1) is 5.82 Å². The van der Waals surface area contributed by atoms with E-state index in [0.29, 0.717) is 17.1 Å². The van der Waals surface area contributed by atoms with E-state index in [9.17, 15) is 22.4 Å². The summed E-state index contributed by atoms with van der Waals surface area (Å²) in [5.41, 5.74) is 2.09. The predicted octanol–water partition coefficient (Wildman–Crippen LogP) is 3.05. The summed E-state index contributed by atoms with van der Waals surface area (Å²) in [6, 6.07) is 18.9. The van der Waals surface area contributed by atoms with Crippen molar-refractivity contribution < 1.29 is 31.9 Å². The van der Waals surface area contributed by atoms with Gasteiger partial charge in [-0.05, 0) is 47.9 Å². The quantitative estimate of drug-likeness (QED) is 0.390. The van der Waals surface area contributed by atoms with Crippen LogP contribution in [0.5, 0.6) is 11.5 Å². The minimum atomic E-state index is -3.75. The van der Waals surface area contributed by atoms with Crippen LogP contribution >= 0.6 is 0 Å². The van der Waals surface area contributed by atoms with Gasteiger partial charge in [-0.3, -0.25) is 9.59 Å². The van der Waals surface area contributed by atoms with E-state index in [2.05, 4.69) is 5.32 Å². The molecule has 0 aliphatic carbocycles. The summed E-state index contributed by atoms with van der Waals surface area (Å²) in [5, 5.41) is 2.82. The number of nitrogens with zero attached hydrogens (tertiary/aromatic N) is 2. The summed E-state index contributed by atoms with van der Waals surface area (Å²) in [6.07, 6.45) is 1.04. The first kappa shape index (κ1) is 28.1. The number of ether oxygens (including phenoxy) is 2. The molecule has 4 rings (SSSR count). The maximum absolute atomic E-state index is 13.5. The molecule has 1 aliphatic heterocycles. The molecular formula is C28H30FN3O6S. The van der Waals surface area contributed by atoms with Crippen molar-refractivity contribution in [2.24, 2.45) is 0 Å². The van der Waals surface area contributed by atoms with Crippen molar-refractivity contribution in [2.45, 2.75) is 32.6 Å². The number of carbonyl (C=O) groups is 2. The maximum atomic E-state index is 13.5. The van der Waals surface area contributed by atoms with Gasteiger partial charge >= 0.3 is 0 Å². The van der Waals surface area contributed by atoms with Gasteiger partial charge in [-0.2, -0.15) is 4.31 Å². The summed E-state index contributed by atoms with van der Waals surface area (Å²) in [4.78, 5) is 28.0. The monoisotopic (exact) mass is 555 g/mol. The van der Waals surface area contributed by atoms with Gasteiger partial charge in [-0.1, -0.05) is 48.5 Å². The standard InChI is InChI=1S/C28H30FN3O6S/c1-20(28(34)30-15-23-10-13-25-26(14-23)38-19-37-25)32(17-22-8-11-24(29)12-9-22)27(33)18-31(39(2,35)36)16-21-6-4-3-5-7-21/h3-14,20H,15-19H2,1-2H3,(H,30,34)/t20-/m1/s1. The lowest BCUT2D eigenvalue weighted by atomic mass is 10.1. The van der Waals surface area contributed by atoms with E-state index < -0.39 is 40.2 Å². The Hall–Kier alpha value is -3.96. The molecule has 3 aromatic carbocycles. The van der Waals surface area contributed by atoms with Gasteiger partial charge in [0.2, 0.25) is 28.6 Å². The van der Waals surface area contributed by atoms with Gasteiger partial charge in [0.15, 0.2) is 11.5 Å². The number of rotatable bonds is 11. The van der Waals surface area contributed by atoms with Gasteiger partial charge in [0.05, 0.1) is 12.8 Å². The van der Waals surface area contributed by atoms with Crippen LogP contribution in [0.4, 0.5) is 4.39 Å². The fourth-order valence-electron chi connectivity index (χ4n) is 4.08. The number of hydrogen-bond donors (Lipinski definition) is 1. The molecule has 0 fully saturated rings. The maximum Gasteiger partial charge on any atom is 0.242 e. The molecule has 0 radical (unpaired) electrons. The molecule has 1 N–H and O–H groups in total. The van der Waals surface area contributed by atoms with Gasteiger partial charge in [0.25, 0.3) is 0 Å². The molecule has 0 bridgehead atoms. The van der Waals surface area contributed by atoms with Crippen molar-refractivity contribution in [1.82, 2.24) is 14.5 Å². The van der Waals surface area contributed by atoms with Crippen LogP contribution in [0.1, 0.15) is 23.6 Å². The highest BCUT2D eigenvalue weighted by atomic mass is 32.2. The SMILES string of the molecule is C[C@H](C(=O)NCc1ccc2c(c1)OCO2)N(Cc1ccc(F)cc1)C(=O)CN(Cc1ccccc1)S(C)(=O)=O. The van der Waals surface area contributed by atoms with Crippen LogP contribution < -0.4 is 14.8 Å². The Balaban J connectivity index is 1.50. The summed E-state index contributed by atoms with van der Waals surface area (Å²) in [5.74, 6) is -0.219. The first-order valence-corrected chi connectivity index (χ1v) is 14.1. The summed E-state index contributed by atoms with van der Waals surface area (Å²) in [6.45, 7) is 1.41. The molecule has 206 valence electrons. The molecule has 1 atom stereocenters. The van der Waals surface area contributed by atoms with Gasteiger partial charge in [-0.15, -0.1) is 0 Å². The lowest BCUT2D eigenvalue weighted by Crippen LogP contribution is -2.50. The Labute approximate surface area is 227 Å². The zero-order valence-corrected chi connectivity index (χ0v) is 22.5. The Morgan fingerprint density at radius 3 is 2.26 bits per heavy atom. The molecule has 3 aromatic rings. The minimum Gasteiger partial charge on any atom is -0.454 e. The van der Waals surface area contributed by atoms with Crippen molar-refractivity contribution in [3.8, 4) is 11.5 Å². The Bertz CT molecular complexity index is 1420. The minimum absolute atomic E-state index is 0.000489. The van der Waals surface area contributed by atoms with Crippen LogP contribution in [0.3, 0.4) is 0 Å². The van der Waals surface area contributed by atoms with E-state index in [0.717, 1.165) is 21.7 Å². The second-order valence-corrected chi connectivity index (χ2v) is 11.2. The van der Waals surface area contributed by atoms with E-state index >= 15 is 0 Å². The molecule has 9 nitrogen and oxygen atoms in total. The molecular weight excluding hydrogens is 525 g/mol. The Morgan fingerprint density at radius 1 is 0.923 bits per heavy atom. The molecule has 0 saturated carbocycles. The third-order valence-electron chi connectivity index (χ3n) is 6.32.